The van der Waals surface area contributed by atoms with E-state index in [0.717, 1.165) is 16.4 Å². The standard InChI is InChI=1S/C15H19IN2O3/c1-15(2)7-4-8-18(12(15)13(19)20)14(21)17-11-6-3-5-10(16)9-11/h3,5-6,9,12H,4,7-8H2,1-2H3,(H,17,21)(H,19,20). The third-order valence-corrected chi connectivity index (χ3v) is 4.51. The fraction of sp³-hybridized carbons (Fsp3) is 0.467. The summed E-state index contributed by atoms with van der Waals surface area (Å²) in [5.74, 6) is -0.947. The van der Waals surface area contributed by atoms with Gasteiger partial charge in [-0.25, -0.2) is 9.59 Å². The average molecular weight is 402 g/mol. The first-order chi connectivity index (χ1) is 9.81. The van der Waals surface area contributed by atoms with Crippen molar-refractivity contribution in [2.45, 2.75) is 32.7 Å². The monoisotopic (exact) mass is 402 g/mol. The molecule has 0 aliphatic carbocycles. The summed E-state index contributed by atoms with van der Waals surface area (Å²) in [6.07, 6.45) is 1.62. The molecule has 1 aromatic rings. The lowest BCUT2D eigenvalue weighted by molar-refractivity contribution is -0.148. The number of hydrogen-bond donors (Lipinski definition) is 2. The van der Waals surface area contributed by atoms with E-state index < -0.39 is 17.4 Å². The van der Waals surface area contributed by atoms with Crippen molar-refractivity contribution in [2.75, 3.05) is 11.9 Å². The van der Waals surface area contributed by atoms with Crippen LogP contribution in [0.15, 0.2) is 24.3 Å². The van der Waals surface area contributed by atoms with Crippen molar-refractivity contribution in [3.05, 3.63) is 27.8 Å². The van der Waals surface area contributed by atoms with E-state index >= 15 is 0 Å². The Morgan fingerprint density at radius 1 is 1.43 bits per heavy atom. The van der Waals surface area contributed by atoms with Gasteiger partial charge in [-0.2, -0.15) is 0 Å². The number of rotatable bonds is 2. The molecule has 0 radical (unpaired) electrons. The summed E-state index contributed by atoms with van der Waals surface area (Å²) in [7, 11) is 0. The molecule has 0 saturated carbocycles. The smallest absolute Gasteiger partial charge is 0.327 e. The number of amides is 2. The first kappa shape index (κ1) is 16.1. The summed E-state index contributed by atoms with van der Waals surface area (Å²) in [6.45, 7) is 4.27. The predicted molar refractivity (Wildman–Crippen MR) is 89.3 cm³/mol. The molecule has 5 nitrogen and oxygen atoms in total. The van der Waals surface area contributed by atoms with Crippen molar-refractivity contribution in [3.63, 3.8) is 0 Å². The molecule has 1 unspecified atom stereocenters. The quantitative estimate of drug-likeness (QED) is 0.746. The molecule has 1 fully saturated rings. The first-order valence-corrected chi connectivity index (χ1v) is 7.95. The van der Waals surface area contributed by atoms with Gasteiger partial charge in [0, 0.05) is 15.8 Å². The molecule has 0 spiro atoms. The molecule has 0 aromatic heterocycles. The van der Waals surface area contributed by atoms with Crippen LogP contribution in [0.3, 0.4) is 0 Å². The average Bonchev–Trinajstić information content (AvgIpc) is 2.36. The zero-order valence-electron chi connectivity index (χ0n) is 12.1. The maximum Gasteiger partial charge on any atom is 0.327 e. The minimum absolute atomic E-state index is 0.350. The molecule has 0 bridgehead atoms. The lowest BCUT2D eigenvalue weighted by Crippen LogP contribution is -2.57. The van der Waals surface area contributed by atoms with Crippen LogP contribution in [0, 0.1) is 8.99 Å². The second kappa shape index (κ2) is 6.21. The van der Waals surface area contributed by atoms with Gasteiger partial charge in [0.2, 0.25) is 0 Å². The highest BCUT2D eigenvalue weighted by atomic mass is 127. The van der Waals surface area contributed by atoms with Gasteiger partial charge in [-0.3, -0.25) is 0 Å². The van der Waals surface area contributed by atoms with E-state index in [1.54, 1.807) is 6.07 Å². The van der Waals surface area contributed by atoms with Crippen LogP contribution in [0.4, 0.5) is 10.5 Å². The van der Waals surface area contributed by atoms with Crippen LogP contribution >= 0.6 is 22.6 Å². The van der Waals surface area contributed by atoms with E-state index in [4.69, 9.17) is 0 Å². The summed E-state index contributed by atoms with van der Waals surface area (Å²) in [5.41, 5.74) is 0.256. The summed E-state index contributed by atoms with van der Waals surface area (Å²) in [5, 5.41) is 12.3. The lowest BCUT2D eigenvalue weighted by Gasteiger charge is -2.43. The van der Waals surface area contributed by atoms with E-state index in [0.29, 0.717) is 12.2 Å². The second-order valence-corrected chi connectivity index (χ2v) is 7.21. The van der Waals surface area contributed by atoms with Gasteiger partial charge in [0.1, 0.15) is 6.04 Å². The number of urea groups is 1. The number of benzene rings is 1. The Morgan fingerprint density at radius 2 is 2.14 bits per heavy atom. The van der Waals surface area contributed by atoms with Crippen molar-refractivity contribution in [3.8, 4) is 0 Å². The Bertz CT molecular complexity index is 560. The number of likely N-dealkylation sites (tertiary alicyclic amines) is 1. The van der Waals surface area contributed by atoms with Crippen LogP contribution in [0.1, 0.15) is 26.7 Å². The highest BCUT2D eigenvalue weighted by Crippen LogP contribution is 2.35. The fourth-order valence-corrected chi connectivity index (χ4v) is 3.38. The third-order valence-electron chi connectivity index (χ3n) is 3.84. The number of carbonyl (C=O) groups excluding carboxylic acids is 1. The minimum Gasteiger partial charge on any atom is -0.480 e. The van der Waals surface area contributed by atoms with Crippen molar-refractivity contribution in [2.24, 2.45) is 5.41 Å². The maximum absolute atomic E-state index is 12.4. The molecule has 1 heterocycles. The van der Waals surface area contributed by atoms with Gasteiger partial charge >= 0.3 is 12.0 Å². The number of carboxylic acid groups (broad SMARTS) is 1. The number of nitrogens with zero attached hydrogens (tertiary/aromatic N) is 1. The molecule has 1 saturated heterocycles. The number of nitrogens with one attached hydrogen (secondary N) is 1. The number of carbonyl (C=O) groups is 2. The zero-order chi connectivity index (χ0) is 15.6. The van der Waals surface area contributed by atoms with Gasteiger partial charge in [0.15, 0.2) is 0 Å². The van der Waals surface area contributed by atoms with Crippen molar-refractivity contribution in [1.82, 2.24) is 4.90 Å². The van der Waals surface area contributed by atoms with E-state index in [-0.39, 0.29) is 6.03 Å². The van der Waals surface area contributed by atoms with Crippen molar-refractivity contribution < 1.29 is 14.7 Å². The molecular weight excluding hydrogens is 383 g/mol. The third kappa shape index (κ3) is 3.66. The molecule has 1 aromatic carbocycles. The van der Waals surface area contributed by atoms with Gasteiger partial charge in [-0.1, -0.05) is 19.9 Å². The van der Waals surface area contributed by atoms with E-state index in [2.05, 4.69) is 27.9 Å². The minimum atomic E-state index is -0.947. The van der Waals surface area contributed by atoms with Crippen LogP contribution in [-0.4, -0.2) is 34.6 Å². The molecule has 2 rings (SSSR count). The Balaban J connectivity index is 2.18. The van der Waals surface area contributed by atoms with Crippen molar-refractivity contribution >= 4 is 40.3 Å². The Labute approximate surface area is 137 Å². The Morgan fingerprint density at radius 3 is 2.76 bits per heavy atom. The molecule has 1 aliphatic heterocycles. The number of piperidine rings is 1. The normalized spacial score (nSPS) is 20.9. The van der Waals surface area contributed by atoms with Crippen molar-refractivity contribution in [1.29, 1.82) is 0 Å². The Hall–Kier alpha value is -1.31. The van der Waals surface area contributed by atoms with Crippen LogP contribution in [0.25, 0.3) is 0 Å². The van der Waals surface area contributed by atoms with Crippen LogP contribution in [0.5, 0.6) is 0 Å². The number of aliphatic carboxylic acids is 1. The number of anilines is 1. The fourth-order valence-electron chi connectivity index (χ4n) is 2.84. The van der Waals surface area contributed by atoms with Gasteiger partial charge in [0.25, 0.3) is 0 Å². The van der Waals surface area contributed by atoms with Gasteiger partial charge in [0.05, 0.1) is 0 Å². The predicted octanol–water partition coefficient (Wildman–Crippen LogP) is 3.40. The Kier molecular flexibility index (Phi) is 4.75. The number of hydrogen-bond acceptors (Lipinski definition) is 2. The molecule has 1 aliphatic rings. The van der Waals surface area contributed by atoms with Crippen LogP contribution in [-0.2, 0) is 4.79 Å². The van der Waals surface area contributed by atoms with E-state index in [9.17, 15) is 14.7 Å². The summed E-state index contributed by atoms with van der Waals surface area (Å²) in [6, 6.07) is 6.28. The van der Waals surface area contributed by atoms with Crippen LogP contribution in [0.2, 0.25) is 0 Å². The molecule has 114 valence electrons. The molecule has 1 atom stereocenters. The highest BCUT2D eigenvalue weighted by molar-refractivity contribution is 14.1. The largest absolute Gasteiger partial charge is 0.480 e. The lowest BCUT2D eigenvalue weighted by atomic mass is 9.76. The topological polar surface area (TPSA) is 69.6 Å². The molecule has 2 amide bonds. The van der Waals surface area contributed by atoms with E-state index in [1.165, 1.54) is 4.90 Å². The molecule has 2 N–H and O–H groups in total. The zero-order valence-corrected chi connectivity index (χ0v) is 14.3. The molecular formula is C15H19IN2O3. The van der Waals surface area contributed by atoms with E-state index in [1.807, 2.05) is 32.0 Å². The summed E-state index contributed by atoms with van der Waals surface area (Å²) in [4.78, 5) is 25.4. The molecule has 6 heteroatoms. The second-order valence-electron chi connectivity index (χ2n) is 5.97. The van der Waals surface area contributed by atoms with Crippen LogP contribution < -0.4 is 5.32 Å². The highest BCUT2D eigenvalue weighted by Gasteiger charge is 2.44. The number of carboxylic acids is 1. The summed E-state index contributed by atoms with van der Waals surface area (Å²) < 4.78 is 1.01. The van der Waals surface area contributed by atoms with Gasteiger partial charge < -0.3 is 15.3 Å². The van der Waals surface area contributed by atoms with Gasteiger partial charge in [-0.15, -0.1) is 0 Å². The number of halogens is 1. The maximum atomic E-state index is 12.4. The molecule has 21 heavy (non-hydrogen) atoms. The first-order valence-electron chi connectivity index (χ1n) is 6.87. The summed E-state index contributed by atoms with van der Waals surface area (Å²) >= 11 is 2.17. The van der Waals surface area contributed by atoms with Gasteiger partial charge in [-0.05, 0) is 59.0 Å². The SMILES string of the molecule is CC1(C)CCCN(C(=O)Nc2cccc(I)c2)C1C(=O)O.